The Labute approximate surface area is 110 Å². The number of rotatable bonds is 2. The third-order valence-electron chi connectivity index (χ3n) is 3.39. The number of thiazole rings is 1. The molecule has 4 heteroatoms. The van der Waals surface area contributed by atoms with Gasteiger partial charge >= 0.3 is 0 Å². The molecular weight excluding hydrogens is 247 g/mol. The van der Waals surface area contributed by atoms with Crippen LogP contribution in [-0.2, 0) is 6.42 Å². The van der Waals surface area contributed by atoms with Crippen molar-refractivity contribution in [2.75, 3.05) is 7.05 Å². The summed E-state index contributed by atoms with van der Waals surface area (Å²) >= 11 is 1.74. The Morgan fingerprint density at radius 3 is 2.83 bits per heavy atom. The molecule has 0 amide bonds. The zero-order chi connectivity index (χ0) is 12.5. The normalized spacial score (nSPS) is 18.7. The first-order valence-corrected chi connectivity index (χ1v) is 7.02. The Balaban J connectivity index is 1.99. The van der Waals surface area contributed by atoms with E-state index in [1.165, 1.54) is 29.1 Å². The number of aromatic nitrogens is 1. The maximum atomic E-state index is 12.9. The summed E-state index contributed by atoms with van der Waals surface area (Å²) in [5.74, 6) is -0.201. The summed E-state index contributed by atoms with van der Waals surface area (Å²) in [5, 5.41) is 4.32. The van der Waals surface area contributed by atoms with E-state index in [2.05, 4.69) is 5.32 Å². The maximum absolute atomic E-state index is 12.9. The van der Waals surface area contributed by atoms with Crippen LogP contribution in [0.1, 0.15) is 29.5 Å². The number of aryl methyl sites for hydroxylation is 1. The van der Waals surface area contributed by atoms with Gasteiger partial charge in [-0.1, -0.05) is 0 Å². The number of nitrogens with zero attached hydrogens (tertiary/aromatic N) is 1. The minimum atomic E-state index is -0.201. The van der Waals surface area contributed by atoms with Crippen LogP contribution in [0.5, 0.6) is 0 Å². The number of hydrogen-bond acceptors (Lipinski definition) is 3. The number of fused-ring (bicyclic) bond motifs is 1. The van der Waals surface area contributed by atoms with E-state index in [-0.39, 0.29) is 5.82 Å². The molecule has 1 aromatic heterocycles. The molecule has 0 bridgehead atoms. The third-order valence-corrected chi connectivity index (χ3v) is 4.57. The zero-order valence-electron chi connectivity index (χ0n) is 10.2. The summed E-state index contributed by atoms with van der Waals surface area (Å²) in [4.78, 5) is 6.11. The molecule has 2 nitrogen and oxygen atoms in total. The molecule has 1 N–H and O–H groups in total. The van der Waals surface area contributed by atoms with Crippen molar-refractivity contribution in [1.82, 2.24) is 10.3 Å². The smallest absolute Gasteiger partial charge is 0.123 e. The molecule has 94 valence electrons. The molecule has 18 heavy (non-hydrogen) atoms. The lowest BCUT2D eigenvalue weighted by atomic mass is 9.98. The van der Waals surface area contributed by atoms with Crippen molar-refractivity contribution in [2.24, 2.45) is 0 Å². The van der Waals surface area contributed by atoms with Crippen molar-refractivity contribution in [1.29, 1.82) is 0 Å². The highest BCUT2D eigenvalue weighted by Crippen LogP contribution is 2.36. The van der Waals surface area contributed by atoms with Gasteiger partial charge in [-0.2, -0.15) is 0 Å². The van der Waals surface area contributed by atoms with Gasteiger partial charge < -0.3 is 5.32 Å². The first kappa shape index (κ1) is 11.8. The molecule has 0 radical (unpaired) electrons. The van der Waals surface area contributed by atoms with Crippen LogP contribution in [0.4, 0.5) is 4.39 Å². The van der Waals surface area contributed by atoms with Gasteiger partial charge in [-0.05, 0) is 50.6 Å². The summed E-state index contributed by atoms with van der Waals surface area (Å²) in [6.07, 6.45) is 3.48. The van der Waals surface area contributed by atoms with E-state index in [9.17, 15) is 4.39 Å². The van der Waals surface area contributed by atoms with Gasteiger partial charge in [-0.3, -0.25) is 0 Å². The van der Waals surface area contributed by atoms with Crippen LogP contribution < -0.4 is 5.32 Å². The van der Waals surface area contributed by atoms with Crippen LogP contribution in [0.25, 0.3) is 10.6 Å². The van der Waals surface area contributed by atoms with Gasteiger partial charge in [-0.25, -0.2) is 9.37 Å². The zero-order valence-corrected chi connectivity index (χ0v) is 11.1. The standard InChI is InChI=1S/C14H15FN2S/c1-16-11-3-2-4-12-13(11)17-14(18-12)9-5-7-10(15)8-6-9/h5-8,11,16H,2-4H2,1H3. The molecule has 1 heterocycles. The maximum Gasteiger partial charge on any atom is 0.123 e. The molecule has 3 rings (SSSR count). The quantitative estimate of drug-likeness (QED) is 0.895. The SMILES string of the molecule is CNC1CCCc2sc(-c3ccc(F)cc3)nc21. The van der Waals surface area contributed by atoms with Crippen molar-refractivity contribution < 1.29 is 4.39 Å². The van der Waals surface area contributed by atoms with Gasteiger partial charge in [0.15, 0.2) is 0 Å². The third kappa shape index (κ3) is 2.06. The largest absolute Gasteiger partial charge is 0.312 e. The van der Waals surface area contributed by atoms with E-state index in [1.807, 2.05) is 7.05 Å². The van der Waals surface area contributed by atoms with Gasteiger partial charge in [0.1, 0.15) is 10.8 Å². The minimum Gasteiger partial charge on any atom is -0.312 e. The van der Waals surface area contributed by atoms with Crippen LogP contribution in [0.2, 0.25) is 0 Å². The highest BCUT2D eigenvalue weighted by molar-refractivity contribution is 7.15. The van der Waals surface area contributed by atoms with E-state index < -0.39 is 0 Å². The van der Waals surface area contributed by atoms with Crippen LogP contribution in [-0.4, -0.2) is 12.0 Å². The molecule has 0 aliphatic heterocycles. The van der Waals surface area contributed by atoms with Crippen molar-refractivity contribution in [3.05, 3.63) is 40.7 Å². The fourth-order valence-electron chi connectivity index (χ4n) is 2.42. The summed E-state index contributed by atoms with van der Waals surface area (Å²) < 4.78 is 12.9. The van der Waals surface area contributed by atoms with Crippen molar-refractivity contribution in [3.63, 3.8) is 0 Å². The van der Waals surface area contributed by atoms with Gasteiger partial charge in [0, 0.05) is 10.4 Å². The topological polar surface area (TPSA) is 24.9 Å². The Kier molecular flexibility index (Phi) is 3.14. The lowest BCUT2D eigenvalue weighted by molar-refractivity contribution is 0.490. The second-order valence-corrected chi connectivity index (χ2v) is 5.65. The molecule has 1 aliphatic carbocycles. The van der Waals surface area contributed by atoms with E-state index in [0.29, 0.717) is 6.04 Å². The highest BCUT2D eigenvalue weighted by Gasteiger charge is 2.23. The fourth-order valence-corrected chi connectivity index (χ4v) is 3.59. The van der Waals surface area contributed by atoms with Crippen LogP contribution in [0.3, 0.4) is 0 Å². The Morgan fingerprint density at radius 1 is 1.33 bits per heavy atom. The number of benzene rings is 1. The molecule has 0 saturated carbocycles. The van der Waals surface area contributed by atoms with E-state index in [1.54, 1.807) is 23.5 Å². The highest BCUT2D eigenvalue weighted by atomic mass is 32.1. The molecule has 1 unspecified atom stereocenters. The van der Waals surface area contributed by atoms with Crippen molar-refractivity contribution in [3.8, 4) is 10.6 Å². The van der Waals surface area contributed by atoms with Crippen molar-refractivity contribution in [2.45, 2.75) is 25.3 Å². The molecule has 2 aromatic rings. The van der Waals surface area contributed by atoms with E-state index in [0.717, 1.165) is 23.4 Å². The summed E-state index contributed by atoms with van der Waals surface area (Å²) in [6.45, 7) is 0. The first-order chi connectivity index (χ1) is 8.78. The summed E-state index contributed by atoms with van der Waals surface area (Å²) in [6, 6.07) is 6.96. The molecule has 0 spiro atoms. The predicted molar refractivity (Wildman–Crippen MR) is 72.2 cm³/mol. The Bertz CT molecular complexity index is 547. The first-order valence-electron chi connectivity index (χ1n) is 6.20. The van der Waals surface area contributed by atoms with Crippen LogP contribution in [0, 0.1) is 5.82 Å². The second-order valence-electron chi connectivity index (χ2n) is 4.57. The van der Waals surface area contributed by atoms with E-state index >= 15 is 0 Å². The fraction of sp³-hybridized carbons (Fsp3) is 0.357. The number of halogens is 1. The molecular formula is C14H15FN2S. The molecule has 1 atom stereocenters. The Hall–Kier alpha value is -1.26. The lowest BCUT2D eigenvalue weighted by Gasteiger charge is -2.19. The molecule has 0 saturated heterocycles. The van der Waals surface area contributed by atoms with Gasteiger partial charge in [0.2, 0.25) is 0 Å². The monoisotopic (exact) mass is 262 g/mol. The van der Waals surface area contributed by atoms with Crippen LogP contribution in [0.15, 0.2) is 24.3 Å². The molecule has 0 fully saturated rings. The number of hydrogen-bond donors (Lipinski definition) is 1. The molecule has 1 aromatic carbocycles. The summed E-state index contributed by atoms with van der Waals surface area (Å²) in [7, 11) is 1.98. The average Bonchev–Trinajstić information content (AvgIpc) is 2.83. The molecule has 1 aliphatic rings. The lowest BCUT2D eigenvalue weighted by Crippen LogP contribution is -2.21. The van der Waals surface area contributed by atoms with Gasteiger partial charge in [0.05, 0.1) is 11.7 Å². The minimum absolute atomic E-state index is 0.201. The second kappa shape index (κ2) is 4.78. The van der Waals surface area contributed by atoms with E-state index in [4.69, 9.17) is 4.98 Å². The average molecular weight is 262 g/mol. The van der Waals surface area contributed by atoms with Crippen LogP contribution >= 0.6 is 11.3 Å². The summed E-state index contributed by atoms with van der Waals surface area (Å²) in [5.41, 5.74) is 2.19. The number of nitrogens with one attached hydrogen (secondary N) is 1. The van der Waals surface area contributed by atoms with Crippen molar-refractivity contribution >= 4 is 11.3 Å². The Morgan fingerprint density at radius 2 is 2.11 bits per heavy atom. The predicted octanol–water partition coefficient (Wildman–Crippen LogP) is 3.55. The van der Waals surface area contributed by atoms with Gasteiger partial charge in [0.25, 0.3) is 0 Å². The van der Waals surface area contributed by atoms with Gasteiger partial charge in [-0.15, -0.1) is 11.3 Å².